The van der Waals surface area contributed by atoms with Crippen molar-refractivity contribution in [2.24, 2.45) is 12.8 Å². The zero-order valence-electron chi connectivity index (χ0n) is 10.4. The highest BCUT2D eigenvalue weighted by atomic mass is 16.5. The Morgan fingerprint density at radius 2 is 2.06 bits per heavy atom. The van der Waals surface area contributed by atoms with Crippen LogP contribution in [0.3, 0.4) is 0 Å². The van der Waals surface area contributed by atoms with Gasteiger partial charge in [0.25, 0.3) is 0 Å². The molecule has 0 aliphatic carbocycles. The molecule has 90 valence electrons. The van der Waals surface area contributed by atoms with Gasteiger partial charge in [-0.25, -0.2) is 0 Å². The zero-order chi connectivity index (χ0) is 12.4. The predicted octanol–water partition coefficient (Wildman–Crippen LogP) is 1.86. The molecule has 1 aromatic carbocycles. The molecule has 0 fully saturated rings. The molecule has 0 bridgehead atoms. The third-order valence-corrected chi connectivity index (χ3v) is 2.98. The average Bonchev–Trinajstić information content (AvgIpc) is 2.64. The summed E-state index contributed by atoms with van der Waals surface area (Å²) in [7, 11) is 3.58. The fourth-order valence-corrected chi connectivity index (χ4v) is 2.05. The van der Waals surface area contributed by atoms with Crippen molar-refractivity contribution >= 4 is 0 Å². The Labute approximate surface area is 101 Å². The van der Waals surface area contributed by atoms with Crippen LogP contribution in [-0.2, 0) is 13.6 Å². The fraction of sp³-hybridized carbons (Fsp3) is 0.308. The normalized spacial score (nSPS) is 10.6. The molecule has 0 aliphatic rings. The van der Waals surface area contributed by atoms with Crippen molar-refractivity contribution in [3.8, 4) is 17.0 Å². The Balaban J connectivity index is 2.61. The number of ether oxygens (including phenoxy) is 1. The molecule has 0 amide bonds. The summed E-state index contributed by atoms with van der Waals surface area (Å²) in [6, 6.07) is 7.87. The SMILES string of the molecule is COc1ccccc1-c1nn(C)c(CN)c1C. The van der Waals surface area contributed by atoms with E-state index in [1.54, 1.807) is 7.11 Å². The average molecular weight is 231 g/mol. The smallest absolute Gasteiger partial charge is 0.128 e. The summed E-state index contributed by atoms with van der Waals surface area (Å²) >= 11 is 0. The first kappa shape index (κ1) is 11.7. The molecular formula is C13H17N3O. The van der Waals surface area contributed by atoms with E-state index in [0.29, 0.717) is 6.54 Å². The van der Waals surface area contributed by atoms with Gasteiger partial charge in [0.05, 0.1) is 18.5 Å². The second-order valence-electron chi connectivity index (χ2n) is 3.95. The predicted molar refractivity (Wildman–Crippen MR) is 67.8 cm³/mol. The van der Waals surface area contributed by atoms with Crippen LogP contribution in [0, 0.1) is 6.92 Å². The topological polar surface area (TPSA) is 53.1 Å². The van der Waals surface area contributed by atoms with Crippen molar-refractivity contribution in [1.82, 2.24) is 9.78 Å². The van der Waals surface area contributed by atoms with Gasteiger partial charge in [0, 0.05) is 19.2 Å². The van der Waals surface area contributed by atoms with Gasteiger partial charge in [0.2, 0.25) is 0 Å². The minimum atomic E-state index is 0.491. The molecule has 2 N–H and O–H groups in total. The molecule has 17 heavy (non-hydrogen) atoms. The summed E-state index contributed by atoms with van der Waals surface area (Å²) in [4.78, 5) is 0. The number of nitrogens with zero attached hydrogens (tertiary/aromatic N) is 2. The number of hydrogen-bond donors (Lipinski definition) is 1. The van der Waals surface area contributed by atoms with E-state index in [1.807, 2.05) is 42.9 Å². The molecule has 0 atom stereocenters. The maximum Gasteiger partial charge on any atom is 0.128 e. The second-order valence-corrected chi connectivity index (χ2v) is 3.95. The maximum atomic E-state index is 5.72. The van der Waals surface area contributed by atoms with Crippen LogP contribution in [0.2, 0.25) is 0 Å². The number of methoxy groups -OCH3 is 1. The van der Waals surface area contributed by atoms with Gasteiger partial charge in [-0.1, -0.05) is 12.1 Å². The van der Waals surface area contributed by atoms with Crippen molar-refractivity contribution in [3.05, 3.63) is 35.5 Å². The Hall–Kier alpha value is -1.81. The van der Waals surface area contributed by atoms with Crippen molar-refractivity contribution in [1.29, 1.82) is 0 Å². The van der Waals surface area contributed by atoms with Gasteiger partial charge in [-0.2, -0.15) is 5.10 Å². The lowest BCUT2D eigenvalue weighted by molar-refractivity contribution is 0.416. The lowest BCUT2D eigenvalue weighted by atomic mass is 10.1. The number of rotatable bonds is 3. The third-order valence-electron chi connectivity index (χ3n) is 2.98. The molecule has 0 saturated heterocycles. The van der Waals surface area contributed by atoms with Crippen LogP contribution < -0.4 is 10.5 Å². The Bertz CT molecular complexity index is 531. The first-order valence-corrected chi connectivity index (χ1v) is 5.55. The molecule has 0 aliphatic heterocycles. The third kappa shape index (κ3) is 1.91. The van der Waals surface area contributed by atoms with E-state index in [2.05, 4.69) is 5.10 Å². The molecule has 2 rings (SSSR count). The Morgan fingerprint density at radius 1 is 1.35 bits per heavy atom. The molecule has 1 aromatic heterocycles. The van der Waals surface area contributed by atoms with Gasteiger partial charge in [-0.15, -0.1) is 0 Å². The number of aromatic nitrogens is 2. The van der Waals surface area contributed by atoms with Crippen molar-refractivity contribution in [2.75, 3.05) is 7.11 Å². The van der Waals surface area contributed by atoms with Crippen LogP contribution in [-0.4, -0.2) is 16.9 Å². The highest BCUT2D eigenvalue weighted by molar-refractivity contribution is 5.70. The minimum absolute atomic E-state index is 0.491. The van der Waals surface area contributed by atoms with Crippen LogP contribution in [0.1, 0.15) is 11.3 Å². The zero-order valence-corrected chi connectivity index (χ0v) is 10.4. The summed E-state index contributed by atoms with van der Waals surface area (Å²) in [6.07, 6.45) is 0. The second kappa shape index (κ2) is 4.59. The molecule has 4 heteroatoms. The number of nitrogens with two attached hydrogens (primary N) is 1. The maximum absolute atomic E-state index is 5.72. The molecule has 0 spiro atoms. The van der Waals surface area contributed by atoms with Crippen LogP contribution in [0.5, 0.6) is 5.75 Å². The summed E-state index contributed by atoms with van der Waals surface area (Å²) in [5, 5.41) is 4.52. The van der Waals surface area contributed by atoms with Gasteiger partial charge < -0.3 is 10.5 Å². The van der Waals surface area contributed by atoms with Crippen LogP contribution in [0.25, 0.3) is 11.3 Å². The Morgan fingerprint density at radius 3 is 2.65 bits per heavy atom. The molecule has 0 radical (unpaired) electrons. The van der Waals surface area contributed by atoms with E-state index in [4.69, 9.17) is 10.5 Å². The van der Waals surface area contributed by atoms with Gasteiger partial charge >= 0.3 is 0 Å². The van der Waals surface area contributed by atoms with E-state index in [0.717, 1.165) is 28.3 Å². The van der Waals surface area contributed by atoms with Crippen LogP contribution in [0.15, 0.2) is 24.3 Å². The van der Waals surface area contributed by atoms with Gasteiger partial charge in [0.1, 0.15) is 5.75 Å². The number of benzene rings is 1. The monoisotopic (exact) mass is 231 g/mol. The van der Waals surface area contributed by atoms with E-state index in [1.165, 1.54) is 0 Å². The lowest BCUT2D eigenvalue weighted by Crippen LogP contribution is -2.05. The van der Waals surface area contributed by atoms with E-state index in [-0.39, 0.29) is 0 Å². The number of aryl methyl sites for hydroxylation is 1. The van der Waals surface area contributed by atoms with Gasteiger partial charge in [0.15, 0.2) is 0 Å². The van der Waals surface area contributed by atoms with Crippen molar-refractivity contribution < 1.29 is 4.74 Å². The number of hydrogen-bond acceptors (Lipinski definition) is 3. The molecule has 0 saturated carbocycles. The number of para-hydroxylation sites is 1. The van der Waals surface area contributed by atoms with Gasteiger partial charge in [-0.05, 0) is 24.6 Å². The molecule has 1 heterocycles. The highest BCUT2D eigenvalue weighted by Crippen LogP contribution is 2.31. The van der Waals surface area contributed by atoms with Crippen molar-refractivity contribution in [2.45, 2.75) is 13.5 Å². The largest absolute Gasteiger partial charge is 0.496 e. The summed E-state index contributed by atoms with van der Waals surface area (Å²) in [5.41, 5.74) is 9.82. The first-order valence-electron chi connectivity index (χ1n) is 5.55. The molecular weight excluding hydrogens is 214 g/mol. The first-order chi connectivity index (χ1) is 8.19. The van der Waals surface area contributed by atoms with E-state index >= 15 is 0 Å². The summed E-state index contributed by atoms with van der Waals surface area (Å²) < 4.78 is 7.19. The fourth-order valence-electron chi connectivity index (χ4n) is 2.05. The molecule has 0 unspecified atom stereocenters. The van der Waals surface area contributed by atoms with Gasteiger partial charge in [-0.3, -0.25) is 4.68 Å². The van der Waals surface area contributed by atoms with E-state index < -0.39 is 0 Å². The highest BCUT2D eigenvalue weighted by Gasteiger charge is 2.15. The van der Waals surface area contributed by atoms with E-state index in [9.17, 15) is 0 Å². The quantitative estimate of drug-likeness (QED) is 0.877. The summed E-state index contributed by atoms with van der Waals surface area (Å²) in [5.74, 6) is 0.831. The standard InChI is InChI=1S/C13H17N3O/c1-9-11(8-14)16(2)15-13(9)10-6-4-5-7-12(10)17-3/h4-7H,8,14H2,1-3H3. The molecule has 2 aromatic rings. The van der Waals surface area contributed by atoms with Crippen molar-refractivity contribution in [3.63, 3.8) is 0 Å². The lowest BCUT2D eigenvalue weighted by Gasteiger charge is -2.06. The minimum Gasteiger partial charge on any atom is -0.496 e. The molecule has 4 nitrogen and oxygen atoms in total. The Kier molecular flexibility index (Phi) is 3.15. The van der Waals surface area contributed by atoms with Crippen LogP contribution >= 0.6 is 0 Å². The summed E-state index contributed by atoms with van der Waals surface area (Å²) in [6.45, 7) is 2.53. The van der Waals surface area contributed by atoms with Crippen LogP contribution in [0.4, 0.5) is 0 Å².